The van der Waals surface area contributed by atoms with Crippen LogP contribution in [0.3, 0.4) is 0 Å². The van der Waals surface area contributed by atoms with E-state index in [9.17, 15) is 0 Å². The number of hydrogen-bond donors (Lipinski definition) is 0. The van der Waals surface area contributed by atoms with Crippen molar-refractivity contribution >= 4 is 45.8 Å². The van der Waals surface area contributed by atoms with Crippen LogP contribution in [0.4, 0.5) is 0 Å². The van der Waals surface area contributed by atoms with Crippen molar-refractivity contribution in [1.82, 2.24) is 9.55 Å². The number of aryl methyl sites for hydroxylation is 1. The molecule has 2 nitrogen and oxygen atoms in total. The van der Waals surface area contributed by atoms with Crippen LogP contribution in [-0.2, 0) is 13.0 Å². The standard InChI is InChI=1S/C22H17Cl3N2/c1-2-21-26-22-15(16-11-18(24)19(25)12-17(16)23)9-6-10-20(22)27(21)13-14-7-4-3-5-8-14/h3-12H,2,13H2,1H3. The van der Waals surface area contributed by atoms with E-state index in [4.69, 9.17) is 39.8 Å². The van der Waals surface area contributed by atoms with E-state index in [1.807, 2.05) is 24.3 Å². The molecule has 0 aliphatic heterocycles. The van der Waals surface area contributed by atoms with Crippen LogP contribution >= 0.6 is 34.8 Å². The molecule has 5 heteroatoms. The van der Waals surface area contributed by atoms with Crippen molar-refractivity contribution in [3.63, 3.8) is 0 Å². The van der Waals surface area contributed by atoms with Gasteiger partial charge < -0.3 is 4.57 Å². The van der Waals surface area contributed by atoms with Gasteiger partial charge >= 0.3 is 0 Å². The molecular weight excluding hydrogens is 399 g/mol. The third kappa shape index (κ3) is 3.45. The Bertz CT molecular complexity index is 1120. The lowest BCUT2D eigenvalue weighted by Crippen LogP contribution is -2.04. The molecule has 0 saturated carbocycles. The molecule has 0 amide bonds. The van der Waals surface area contributed by atoms with Crippen LogP contribution in [0.2, 0.25) is 15.1 Å². The summed E-state index contributed by atoms with van der Waals surface area (Å²) in [5, 5.41) is 1.49. The summed E-state index contributed by atoms with van der Waals surface area (Å²) in [7, 11) is 0. The topological polar surface area (TPSA) is 17.8 Å². The van der Waals surface area contributed by atoms with Crippen LogP contribution in [0.25, 0.3) is 22.2 Å². The summed E-state index contributed by atoms with van der Waals surface area (Å²) in [6.07, 6.45) is 0.843. The summed E-state index contributed by atoms with van der Waals surface area (Å²) in [5.41, 5.74) is 5.03. The zero-order valence-electron chi connectivity index (χ0n) is 14.7. The van der Waals surface area contributed by atoms with Crippen LogP contribution < -0.4 is 0 Å². The zero-order chi connectivity index (χ0) is 19.0. The minimum atomic E-state index is 0.446. The highest BCUT2D eigenvalue weighted by Gasteiger charge is 2.16. The van der Waals surface area contributed by atoms with Gasteiger partial charge in [-0.3, -0.25) is 0 Å². The summed E-state index contributed by atoms with van der Waals surface area (Å²) in [4.78, 5) is 4.93. The lowest BCUT2D eigenvalue weighted by molar-refractivity contribution is 0.753. The Balaban J connectivity index is 1.91. The van der Waals surface area contributed by atoms with E-state index < -0.39 is 0 Å². The Morgan fingerprint density at radius 3 is 2.30 bits per heavy atom. The molecule has 27 heavy (non-hydrogen) atoms. The van der Waals surface area contributed by atoms with Gasteiger partial charge in [0.05, 0.1) is 26.1 Å². The molecule has 4 aromatic rings. The Labute approximate surface area is 173 Å². The molecule has 0 unspecified atom stereocenters. The highest BCUT2D eigenvalue weighted by atomic mass is 35.5. The molecular formula is C22H17Cl3N2. The average Bonchev–Trinajstić information content (AvgIpc) is 3.03. The molecule has 4 rings (SSSR count). The smallest absolute Gasteiger partial charge is 0.109 e. The first-order chi connectivity index (χ1) is 13.1. The van der Waals surface area contributed by atoms with E-state index in [0.717, 1.165) is 41.0 Å². The number of halogens is 3. The zero-order valence-corrected chi connectivity index (χ0v) is 17.0. The second-order valence-corrected chi connectivity index (χ2v) is 7.59. The fourth-order valence-electron chi connectivity index (χ4n) is 3.35. The molecule has 1 aromatic heterocycles. The predicted octanol–water partition coefficient (Wildman–Crippen LogP) is 7.27. The van der Waals surface area contributed by atoms with Gasteiger partial charge in [-0.25, -0.2) is 4.98 Å². The summed E-state index contributed by atoms with van der Waals surface area (Å²) in [6, 6.07) is 20.0. The molecule has 0 radical (unpaired) electrons. The molecule has 1 heterocycles. The van der Waals surface area contributed by atoms with Gasteiger partial charge in [-0.05, 0) is 23.8 Å². The van der Waals surface area contributed by atoms with E-state index in [2.05, 4.69) is 41.8 Å². The highest BCUT2D eigenvalue weighted by molar-refractivity contribution is 6.44. The van der Waals surface area contributed by atoms with Gasteiger partial charge in [0, 0.05) is 24.1 Å². The molecule has 0 bridgehead atoms. The van der Waals surface area contributed by atoms with Crippen molar-refractivity contribution in [3.05, 3.63) is 87.1 Å². The first-order valence-electron chi connectivity index (χ1n) is 8.75. The average molecular weight is 416 g/mol. The monoisotopic (exact) mass is 414 g/mol. The maximum absolute atomic E-state index is 6.47. The van der Waals surface area contributed by atoms with E-state index in [1.54, 1.807) is 6.07 Å². The van der Waals surface area contributed by atoms with Gasteiger partial charge in [-0.2, -0.15) is 0 Å². The number of fused-ring (bicyclic) bond motifs is 1. The highest BCUT2D eigenvalue weighted by Crippen LogP contribution is 2.38. The fraction of sp³-hybridized carbons (Fsp3) is 0.136. The first-order valence-corrected chi connectivity index (χ1v) is 9.89. The maximum atomic E-state index is 6.47. The SMILES string of the molecule is CCc1nc2c(-c3cc(Cl)c(Cl)cc3Cl)cccc2n1Cc1ccccc1. The molecule has 0 aliphatic carbocycles. The molecule has 0 spiro atoms. The number of para-hydroxylation sites is 1. The van der Waals surface area contributed by atoms with Crippen molar-refractivity contribution < 1.29 is 0 Å². The normalized spacial score (nSPS) is 11.3. The molecule has 0 atom stereocenters. The number of rotatable bonds is 4. The van der Waals surface area contributed by atoms with Gasteiger partial charge in [-0.15, -0.1) is 0 Å². The van der Waals surface area contributed by atoms with Crippen molar-refractivity contribution in [1.29, 1.82) is 0 Å². The van der Waals surface area contributed by atoms with Crippen LogP contribution in [0.1, 0.15) is 18.3 Å². The fourth-order valence-corrected chi connectivity index (χ4v) is 4.00. The third-order valence-corrected chi connectivity index (χ3v) is 5.69. The van der Waals surface area contributed by atoms with E-state index in [1.165, 1.54) is 5.56 Å². The Morgan fingerprint density at radius 2 is 1.56 bits per heavy atom. The Kier molecular flexibility index (Phi) is 5.14. The second kappa shape index (κ2) is 7.55. The molecule has 0 saturated heterocycles. The van der Waals surface area contributed by atoms with E-state index in [0.29, 0.717) is 15.1 Å². The number of nitrogens with zero attached hydrogens (tertiary/aromatic N) is 2. The van der Waals surface area contributed by atoms with Crippen molar-refractivity contribution in [2.24, 2.45) is 0 Å². The van der Waals surface area contributed by atoms with Crippen molar-refractivity contribution in [2.45, 2.75) is 19.9 Å². The summed E-state index contributed by atoms with van der Waals surface area (Å²) >= 11 is 18.8. The number of hydrogen-bond acceptors (Lipinski definition) is 1. The lowest BCUT2D eigenvalue weighted by atomic mass is 10.0. The molecule has 0 N–H and O–H groups in total. The lowest BCUT2D eigenvalue weighted by Gasteiger charge is -2.10. The maximum Gasteiger partial charge on any atom is 0.109 e. The van der Waals surface area contributed by atoms with E-state index in [-0.39, 0.29) is 0 Å². The van der Waals surface area contributed by atoms with Crippen molar-refractivity contribution in [3.8, 4) is 11.1 Å². The molecule has 0 aliphatic rings. The quantitative estimate of drug-likeness (QED) is 0.320. The first kappa shape index (κ1) is 18.4. The van der Waals surface area contributed by atoms with Crippen molar-refractivity contribution in [2.75, 3.05) is 0 Å². The van der Waals surface area contributed by atoms with Crippen LogP contribution in [-0.4, -0.2) is 9.55 Å². The predicted molar refractivity (Wildman–Crippen MR) is 115 cm³/mol. The summed E-state index contributed by atoms with van der Waals surface area (Å²) < 4.78 is 2.26. The van der Waals surface area contributed by atoms with Gasteiger partial charge in [0.1, 0.15) is 5.82 Å². The number of benzene rings is 3. The largest absolute Gasteiger partial charge is 0.323 e. The Morgan fingerprint density at radius 1 is 0.815 bits per heavy atom. The minimum absolute atomic E-state index is 0.446. The molecule has 136 valence electrons. The summed E-state index contributed by atoms with van der Waals surface area (Å²) in [6.45, 7) is 2.90. The number of imidazole rings is 1. The van der Waals surface area contributed by atoms with Gasteiger partial charge in [0.2, 0.25) is 0 Å². The van der Waals surface area contributed by atoms with Gasteiger partial charge in [0.25, 0.3) is 0 Å². The second-order valence-electron chi connectivity index (χ2n) is 6.37. The third-order valence-electron chi connectivity index (χ3n) is 4.66. The van der Waals surface area contributed by atoms with Crippen LogP contribution in [0.15, 0.2) is 60.7 Å². The molecule has 3 aromatic carbocycles. The van der Waals surface area contributed by atoms with E-state index >= 15 is 0 Å². The number of aromatic nitrogens is 2. The molecule has 0 fully saturated rings. The van der Waals surface area contributed by atoms with Crippen LogP contribution in [0.5, 0.6) is 0 Å². The summed E-state index contributed by atoms with van der Waals surface area (Å²) in [5.74, 6) is 1.04. The van der Waals surface area contributed by atoms with Gasteiger partial charge in [0.15, 0.2) is 0 Å². The minimum Gasteiger partial charge on any atom is -0.323 e. The Hall–Kier alpha value is -2.00. The van der Waals surface area contributed by atoms with Crippen LogP contribution in [0, 0.1) is 0 Å². The van der Waals surface area contributed by atoms with Gasteiger partial charge in [-0.1, -0.05) is 84.2 Å².